The average molecular weight is 303 g/mol. The van der Waals surface area contributed by atoms with E-state index in [0.717, 1.165) is 24.0 Å². The first-order valence-electron chi connectivity index (χ1n) is 7.09. The van der Waals surface area contributed by atoms with E-state index >= 15 is 0 Å². The molecule has 3 rings (SSSR count). The number of carbonyl (C=O) groups is 1. The quantitative estimate of drug-likeness (QED) is 0.766. The predicted molar refractivity (Wildman–Crippen MR) is 81.9 cm³/mol. The lowest BCUT2D eigenvalue weighted by Gasteiger charge is -2.12. The van der Waals surface area contributed by atoms with Crippen LogP contribution in [-0.4, -0.2) is 32.6 Å². The van der Waals surface area contributed by atoms with Gasteiger partial charge in [-0.15, -0.1) is 0 Å². The van der Waals surface area contributed by atoms with Crippen LogP contribution in [0.2, 0.25) is 0 Å². The van der Waals surface area contributed by atoms with Crippen molar-refractivity contribution >= 4 is 22.6 Å². The van der Waals surface area contributed by atoms with Crippen molar-refractivity contribution in [1.29, 1.82) is 0 Å². The van der Waals surface area contributed by atoms with E-state index in [9.17, 15) is 14.4 Å². The van der Waals surface area contributed by atoms with Gasteiger partial charge in [0.25, 0.3) is 5.56 Å². The Kier molecular flexibility index (Phi) is 3.53. The molecule has 0 spiro atoms. The van der Waals surface area contributed by atoms with Crippen LogP contribution in [0.4, 0.5) is 5.69 Å². The number of hydrogen-bond acceptors (Lipinski definition) is 5. The number of aryl methyl sites for hydroxylation is 1. The lowest BCUT2D eigenvalue weighted by atomic mass is 10.2. The second-order valence-corrected chi connectivity index (χ2v) is 5.44. The Morgan fingerprint density at radius 2 is 2.14 bits per heavy atom. The van der Waals surface area contributed by atoms with E-state index in [-0.39, 0.29) is 11.9 Å². The zero-order valence-corrected chi connectivity index (χ0v) is 12.4. The summed E-state index contributed by atoms with van der Waals surface area (Å²) in [6.07, 6.45) is 3.22. The van der Waals surface area contributed by atoms with Gasteiger partial charge >= 0.3 is 5.69 Å². The molecule has 0 aliphatic carbocycles. The largest absolute Gasteiger partial charge is 0.332 e. The van der Waals surface area contributed by atoms with E-state index in [1.165, 1.54) is 17.8 Å². The van der Waals surface area contributed by atoms with E-state index in [1.807, 2.05) is 0 Å². The molecule has 2 aromatic heterocycles. The highest BCUT2D eigenvalue weighted by Crippen LogP contribution is 2.14. The van der Waals surface area contributed by atoms with Crippen LogP contribution in [0.5, 0.6) is 0 Å². The molecular weight excluding hydrogens is 286 g/mol. The van der Waals surface area contributed by atoms with Crippen molar-refractivity contribution < 1.29 is 4.79 Å². The van der Waals surface area contributed by atoms with Crippen molar-refractivity contribution in [2.75, 3.05) is 11.9 Å². The Bertz CT molecular complexity index is 861. The van der Waals surface area contributed by atoms with Crippen LogP contribution in [0.3, 0.4) is 0 Å². The number of aromatic nitrogens is 3. The summed E-state index contributed by atoms with van der Waals surface area (Å²) in [6, 6.07) is 1.34. The fraction of sp³-hybridized carbons (Fsp3) is 0.429. The lowest BCUT2D eigenvalue weighted by Crippen LogP contribution is -2.37. The van der Waals surface area contributed by atoms with Crippen molar-refractivity contribution in [3.63, 3.8) is 0 Å². The fourth-order valence-corrected chi connectivity index (χ4v) is 2.67. The molecule has 3 heterocycles. The zero-order chi connectivity index (χ0) is 15.9. The monoisotopic (exact) mass is 303 g/mol. The number of carbonyl (C=O) groups excluding carboxylic acids is 1. The van der Waals surface area contributed by atoms with Crippen LogP contribution in [0.1, 0.15) is 12.8 Å². The summed E-state index contributed by atoms with van der Waals surface area (Å²) in [4.78, 5) is 40.2. The third kappa shape index (κ3) is 2.31. The van der Waals surface area contributed by atoms with Gasteiger partial charge in [-0.3, -0.25) is 18.7 Å². The molecule has 1 aliphatic rings. The number of hydrogen-bond donors (Lipinski definition) is 2. The number of anilines is 1. The molecule has 1 aliphatic heterocycles. The van der Waals surface area contributed by atoms with Crippen LogP contribution in [-0.2, 0) is 18.9 Å². The van der Waals surface area contributed by atoms with Gasteiger partial charge in [0.05, 0.1) is 23.3 Å². The summed E-state index contributed by atoms with van der Waals surface area (Å²) in [5, 5.41) is 6.16. The fourth-order valence-electron chi connectivity index (χ4n) is 2.67. The first-order chi connectivity index (χ1) is 10.5. The molecule has 0 aromatic carbocycles. The van der Waals surface area contributed by atoms with Crippen LogP contribution in [0, 0.1) is 0 Å². The highest BCUT2D eigenvalue weighted by atomic mass is 16.2. The smallest absolute Gasteiger partial charge is 0.323 e. The maximum atomic E-state index is 12.2. The van der Waals surface area contributed by atoms with E-state index in [0.29, 0.717) is 16.7 Å². The molecule has 2 aromatic rings. The summed E-state index contributed by atoms with van der Waals surface area (Å²) in [7, 11) is 2.97. The molecular formula is C14H17N5O3. The van der Waals surface area contributed by atoms with Gasteiger partial charge in [0.2, 0.25) is 5.91 Å². The number of amides is 1. The maximum absolute atomic E-state index is 12.2. The summed E-state index contributed by atoms with van der Waals surface area (Å²) in [5.41, 5.74) is -0.121. The molecule has 116 valence electrons. The molecule has 0 radical (unpaired) electrons. The third-order valence-electron chi connectivity index (χ3n) is 3.94. The first-order valence-corrected chi connectivity index (χ1v) is 7.09. The second-order valence-electron chi connectivity index (χ2n) is 5.44. The van der Waals surface area contributed by atoms with E-state index in [2.05, 4.69) is 15.6 Å². The number of rotatable bonds is 2. The van der Waals surface area contributed by atoms with Gasteiger partial charge in [0, 0.05) is 14.1 Å². The molecule has 1 fully saturated rings. The summed E-state index contributed by atoms with van der Waals surface area (Å²) in [5.74, 6) is -0.139. The van der Waals surface area contributed by atoms with Crippen molar-refractivity contribution in [2.45, 2.75) is 18.9 Å². The maximum Gasteiger partial charge on any atom is 0.332 e. The molecule has 1 atom stereocenters. The highest BCUT2D eigenvalue weighted by molar-refractivity contribution is 5.96. The molecule has 8 nitrogen and oxygen atoms in total. The van der Waals surface area contributed by atoms with Gasteiger partial charge in [-0.1, -0.05) is 0 Å². The molecule has 0 saturated carbocycles. The standard InChI is InChI=1S/C14H17N5O3/c1-18-11-9(13(21)19(2)14(18)22)6-8(7-16-11)17-12(20)10-4-3-5-15-10/h6-7,10,15H,3-5H2,1-2H3,(H,17,20). The van der Waals surface area contributed by atoms with Gasteiger partial charge < -0.3 is 10.6 Å². The highest BCUT2D eigenvalue weighted by Gasteiger charge is 2.22. The Balaban J connectivity index is 2.01. The summed E-state index contributed by atoms with van der Waals surface area (Å²) in [6.45, 7) is 0.830. The summed E-state index contributed by atoms with van der Waals surface area (Å²) < 4.78 is 2.33. The number of nitrogens with zero attached hydrogens (tertiary/aromatic N) is 3. The minimum atomic E-state index is -0.433. The first kappa shape index (κ1) is 14.5. The van der Waals surface area contributed by atoms with Crippen LogP contribution >= 0.6 is 0 Å². The summed E-state index contributed by atoms with van der Waals surface area (Å²) >= 11 is 0. The van der Waals surface area contributed by atoms with Crippen molar-refractivity contribution in [1.82, 2.24) is 19.4 Å². The molecule has 8 heteroatoms. The zero-order valence-electron chi connectivity index (χ0n) is 12.4. The molecule has 1 unspecified atom stereocenters. The minimum Gasteiger partial charge on any atom is -0.323 e. The van der Waals surface area contributed by atoms with Gasteiger partial charge in [-0.2, -0.15) is 0 Å². The van der Waals surface area contributed by atoms with E-state index < -0.39 is 11.2 Å². The van der Waals surface area contributed by atoms with Crippen molar-refractivity contribution in [3.05, 3.63) is 33.1 Å². The number of nitrogens with one attached hydrogen (secondary N) is 2. The third-order valence-corrected chi connectivity index (χ3v) is 3.94. The Hall–Kier alpha value is -2.48. The molecule has 2 N–H and O–H groups in total. The molecule has 1 saturated heterocycles. The van der Waals surface area contributed by atoms with E-state index in [1.54, 1.807) is 13.1 Å². The lowest BCUT2D eigenvalue weighted by molar-refractivity contribution is -0.117. The second kappa shape index (κ2) is 5.38. The normalized spacial score (nSPS) is 17.8. The van der Waals surface area contributed by atoms with Gasteiger partial charge in [0.1, 0.15) is 5.65 Å². The van der Waals surface area contributed by atoms with Crippen LogP contribution in [0.25, 0.3) is 11.0 Å². The number of fused-ring (bicyclic) bond motifs is 1. The molecule has 22 heavy (non-hydrogen) atoms. The Morgan fingerprint density at radius 1 is 1.36 bits per heavy atom. The molecule has 1 amide bonds. The van der Waals surface area contributed by atoms with Crippen LogP contribution < -0.4 is 21.9 Å². The van der Waals surface area contributed by atoms with Gasteiger partial charge in [-0.25, -0.2) is 9.78 Å². The SMILES string of the molecule is Cn1c(=O)c2cc(NC(=O)C3CCCN3)cnc2n(C)c1=O. The predicted octanol–water partition coefficient (Wildman–Crippen LogP) is -0.677. The topological polar surface area (TPSA) is 98.0 Å². The average Bonchev–Trinajstić information content (AvgIpc) is 3.05. The van der Waals surface area contributed by atoms with Gasteiger partial charge in [0.15, 0.2) is 0 Å². The van der Waals surface area contributed by atoms with Crippen molar-refractivity contribution in [2.24, 2.45) is 14.1 Å². The number of pyridine rings is 1. The van der Waals surface area contributed by atoms with E-state index in [4.69, 9.17) is 0 Å². The Labute approximate surface area is 125 Å². The minimum absolute atomic E-state index is 0.139. The van der Waals surface area contributed by atoms with Crippen LogP contribution in [0.15, 0.2) is 21.9 Å². The molecule has 0 bridgehead atoms. The Morgan fingerprint density at radius 3 is 2.82 bits per heavy atom. The van der Waals surface area contributed by atoms with Crippen molar-refractivity contribution in [3.8, 4) is 0 Å². The van der Waals surface area contributed by atoms with Gasteiger partial charge in [-0.05, 0) is 25.5 Å².